The summed E-state index contributed by atoms with van der Waals surface area (Å²) >= 11 is 0. The Kier molecular flexibility index (Phi) is 2.20. The van der Waals surface area contributed by atoms with Crippen LogP contribution in [0.25, 0.3) is 0 Å². The molecule has 2 amide bonds. The van der Waals surface area contributed by atoms with Crippen LogP contribution in [0.4, 0.5) is 4.39 Å². The molecule has 108 valence electrons. The topological polar surface area (TPSA) is 63.7 Å². The number of alkyl halides is 1. The summed E-state index contributed by atoms with van der Waals surface area (Å²) in [5.41, 5.74) is -1.69. The van der Waals surface area contributed by atoms with Crippen LogP contribution in [0.15, 0.2) is 24.3 Å². The smallest absolute Gasteiger partial charge is 0.329 e. The van der Waals surface area contributed by atoms with Gasteiger partial charge in [0.1, 0.15) is 5.67 Å². The number of amides is 2. The van der Waals surface area contributed by atoms with Gasteiger partial charge in [0, 0.05) is 0 Å². The average molecular weight is 289 g/mol. The second-order valence-corrected chi connectivity index (χ2v) is 6.11. The normalized spacial score (nSPS) is 32.9. The number of nitrogens with zero attached hydrogens (tertiary/aromatic N) is 1. The summed E-state index contributed by atoms with van der Waals surface area (Å²) in [6, 6.07) is 6.28. The molecule has 1 aromatic carbocycles. The molecule has 3 saturated carbocycles. The van der Waals surface area contributed by atoms with Gasteiger partial charge in [-0.15, -0.1) is 0 Å². The zero-order valence-electron chi connectivity index (χ0n) is 11.1. The van der Waals surface area contributed by atoms with Crippen LogP contribution in [-0.4, -0.2) is 28.5 Å². The summed E-state index contributed by atoms with van der Waals surface area (Å²) in [6.07, 6.45) is 1.000. The van der Waals surface area contributed by atoms with E-state index in [0.717, 1.165) is 0 Å². The first kappa shape index (κ1) is 12.5. The Hall–Kier alpha value is -2.24. The Morgan fingerprint density at radius 3 is 2.14 bits per heavy atom. The molecule has 4 aliphatic rings. The zero-order valence-corrected chi connectivity index (χ0v) is 11.1. The van der Waals surface area contributed by atoms with Gasteiger partial charge in [0.15, 0.2) is 0 Å². The minimum Gasteiger partial charge on any atom is -0.329 e. The van der Waals surface area contributed by atoms with Gasteiger partial charge in [-0.25, -0.2) is 9.18 Å². The molecule has 3 fully saturated rings. The first-order valence-electron chi connectivity index (χ1n) is 6.83. The molecule has 0 saturated heterocycles. The molecule has 2 bridgehead atoms. The Morgan fingerprint density at radius 2 is 1.67 bits per heavy atom. The fourth-order valence-electron chi connectivity index (χ4n) is 3.65. The fourth-order valence-corrected chi connectivity index (χ4v) is 3.65. The number of hydrogen-bond acceptors (Lipinski definition) is 4. The number of rotatable bonds is 2. The van der Waals surface area contributed by atoms with E-state index in [1.54, 1.807) is 12.1 Å². The van der Waals surface area contributed by atoms with Crippen molar-refractivity contribution in [2.45, 2.75) is 31.4 Å². The third-order valence-corrected chi connectivity index (χ3v) is 4.73. The Labute approximate surface area is 119 Å². The molecule has 6 heteroatoms. The summed E-state index contributed by atoms with van der Waals surface area (Å²) < 4.78 is 13.8. The van der Waals surface area contributed by atoms with Crippen molar-refractivity contribution in [2.75, 3.05) is 0 Å². The fraction of sp³-hybridized carbons (Fsp3) is 0.400. The maximum Gasteiger partial charge on any atom is 0.339 e. The van der Waals surface area contributed by atoms with Crippen molar-refractivity contribution < 1.29 is 23.6 Å². The van der Waals surface area contributed by atoms with Crippen molar-refractivity contribution in [1.29, 1.82) is 0 Å². The predicted octanol–water partition coefficient (Wildman–Crippen LogP) is 2.02. The monoisotopic (exact) mass is 289 g/mol. The quantitative estimate of drug-likeness (QED) is 0.781. The lowest BCUT2D eigenvalue weighted by Gasteiger charge is -2.39. The van der Waals surface area contributed by atoms with E-state index >= 15 is 0 Å². The molecule has 0 spiro atoms. The number of imide groups is 1. The van der Waals surface area contributed by atoms with Gasteiger partial charge in [0.2, 0.25) is 0 Å². The highest BCUT2D eigenvalue weighted by Gasteiger charge is 2.67. The minimum absolute atomic E-state index is 0.127. The lowest BCUT2D eigenvalue weighted by molar-refractivity contribution is -0.189. The molecule has 1 aromatic rings. The highest BCUT2D eigenvalue weighted by Crippen LogP contribution is 2.64. The molecule has 0 radical (unpaired) electrons. The average Bonchev–Trinajstić information content (AvgIpc) is 3.04. The first-order valence-corrected chi connectivity index (χ1v) is 6.83. The van der Waals surface area contributed by atoms with Crippen LogP contribution in [0.5, 0.6) is 0 Å². The molecule has 1 heterocycles. The molecule has 0 atom stereocenters. The van der Waals surface area contributed by atoms with E-state index in [0.29, 0.717) is 17.9 Å². The second-order valence-electron chi connectivity index (χ2n) is 6.11. The van der Waals surface area contributed by atoms with Gasteiger partial charge in [0.25, 0.3) is 11.8 Å². The maximum absolute atomic E-state index is 13.8. The van der Waals surface area contributed by atoms with Crippen molar-refractivity contribution in [3.63, 3.8) is 0 Å². The van der Waals surface area contributed by atoms with Crippen LogP contribution in [0.3, 0.4) is 0 Å². The van der Waals surface area contributed by atoms with Gasteiger partial charge in [0.05, 0.1) is 16.5 Å². The maximum atomic E-state index is 13.8. The van der Waals surface area contributed by atoms with Crippen molar-refractivity contribution in [2.24, 2.45) is 5.41 Å². The van der Waals surface area contributed by atoms with E-state index < -0.39 is 28.9 Å². The molecule has 0 aromatic heterocycles. The highest BCUT2D eigenvalue weighted by atomic mass is 19.1. The number of carbonyl (C=O) groups excluding carboxylic acids is 3. The van der Waals surface area contributed by atoms with E-state index in [1.165, 1.54) is 12.1 Å². The molecule has 1 aliphatic heterocycles. The van der Waals surface area contributed by atoms with Crippen LogP contribution in [0.1, 0.15) is 46.4 Å². The predicted molar refractivity (Wildman–Crippen MR) is 67.8 cm³/mol. The van der Waals surface area contributed by atoms with Crippen LogP contribution in [0.2, 0.25) is 0 Å². The van der Waals surface area contributed by atoms with Crippen molar-refractivity contribution in [1.82, 2.24) is 5.06 Å². The van der Waals surface area contributed by atoms with Crippen molar-refractivity contribution in [3.8, 4) is 0 Å². The van der Waals surface area contributed by atoms with Crippen LogP contribution >= 0.6 is 0 Å². The summed E-state index contributed by atoms with van der Waals surface area (Å²) in [5.74, 6) is -1.98. The first-order chi connectivity index (χ1) is 9.94. The van der Waals surface area contributed by atoms with Gasteiger partial charge in [-0.1, -0.05) is 17.2 Å². The molecular weight excluding hydrogens is 277 g/mol. The SMILES string of the molecule is O=C1c2ccccc2C(=O)N1OC(=O)C12CCC(F)(C1)C2. The summed E-state index contributed by atoms with van der Waals surface area (Å²) in [4.78, 5) is 41.4. The van der Waals surface area contributed by atoms with E-state index in [2.05, 4.69) is 0 Å². The molecule has 21 heavy (non-hydrogen) atoms. The number of benzene rings is 1. The Morgan fingerprint density at radius 1 is 1.10 bits per heavy atom. The van der Waals surface area contributed by atoms with Crippen LogP contribution in [0, 0.1) is 5.41 Å². The number of halogens is 1. The van der Waals surface area contributed by atoms with Gasteiger partial charge in [-0.05, 0) is 37.8 Å². The molecule has 0 N–H and O–H groups in total. The highest BCUT2D eigenvalue weighted by molar-refractivity contribution is 6.20. The Bertz CT molecular complexity index is 658. The third-order valence-electron chi connectivity index (χ3n) is 4.73. The zero-order chi connectivity index (χ0) is 14.8. The summed E-state index contributed by atoms with van der Waals surface area (Å²) in [6.45, 7) is 0. The van der Waals surface area contributed by atoms with Crippen LogP contribution in [-0.2, 0) is 9.63 Å². The van der Waals surface area contributed by atoms with E-state index in [4.69, 9.17) is 4.84 Å². The van der Waals surface area contributed by atoms with E-state index in [-0.39, 0.29) is 24.0 Å². The van der Waals surface area contributed by atoms with E-state index in [9.17, 15) is 18.8 Å². The van der Waals surface area contributed by atoms with Gasteiger partial charge < -0.3 is 4.84 Å². The molecule has 3 aliphatic carbocycles. The van der Waals surface area contributed by atoms with Crippen molar-refractivity contribution >= 4 is 17.8 Å². The summed E-state index contributed by atoms with van der Waals surface area (Å²) in [5, 5.41) is 0.498. The summed E-state index contributed by atoms with van der Waals surface area (Å²) in [7, 11) is 0. The number of hydroxylamine groups is 2. The van der Waals surface area contributed by atoms with Crippen molar-refractivity contribution in [3.05, 3.63) is 35.4 Å². The molecule has 0 unspecified atom stereocenters. The molecule has 5 rings (SSSR count). The lowest BCUT2D eigenvalue weighted by Crippen LogP contribution is -2.48. The molecule has 5 nitrogen and oxygen atoms in total. The second kappa shape index (κ2) is 3.69. The van der Waals surface area contributed by atoms with Gasteiger partial charge in [-0.3, -0.25) is 9.59 Å². The molecular formula is C15H12FNO4. The largest absolute Gasteiger partial charge is 0.339 e. The third kappa shape index (κ3) is 1.53. The number of carbonyl (C=O) groups is 3. The lowest BCUT2D eigenvalue weighted by atomic mass is 9.68. The van der Waals surface area contributed by atoms with E-state index in [1.807, 2.05) is 0 Å². The number of hydrogen-bond donors (Lipinski definition) is 0. The Balaban J connectivity index is 1.56. The minimum atomic E-state index is -1.26. The number of fused-ring (bicyclic) bond motifs is 2. The van der Waals surface area contributed by atoms with Crippen LogP contribution < -0.4 is 0 Å². The van der Waals surface area contributed by atoms with Gasteiger partial charge >= 0.3 is 5.97 Å². The van der Waals surface area contributed by atoms with Gasteiger partial charge in [-0.2, -0.15) is 0 Å². The standard InChI is InChI=1S/C15H12FNO4/c16-15-6-5-14(7-15,8-15)13(20)21-17-11(18)9-3-1-2-4-10(9)12(17)19/h1-4H,5-8H2.